The van der Waals surface area contributed by atoms with E-state index in [1.807, 2.05) is 0 Å². The molecule has 0 spiro atoms. The lowest BCUT2D eigenvalue weighted by Crippen LogP contribution is -2.33. The van der Waals surface area contributed by atoms with Crippen molar-refractivity contribution in [3.63, 3.8) is 0 Å². The summed E-state index contributed by atoms with van der Waals surface area (Å²) in [6.07, 6.45) is 1.59. The molecule has 1 heterocycles. The van der Waals surface area contributed by atoms with Crippen LogP contribution in [0.2, 0.25) is 5.02 Å². The largest absolute Gasteiger partial charge is 0.398 e. The molecule has 1 aliphatic rings. The van der Waals surface area contributed by atoms with E-state index in [4.69, 9.17) is 17.3 Å². The molecule has 1 aromatic rings. The van der Waals surface area contributed by atoms with Gasteiger partial charge in [0.15, 0.2) is 0 Å². The molecule has 1 unspecified atom stereocenters. The number of nitrogens with zero attached hydrogens (tertiary/aromatic N) is 1. The number of hydrogen-bond acceptors (Lipinski definition) is 4. The number of benzene rings is 1. The highest BCUT2D eigenvalue weighted by Gasteiger charge is 2.33. The molecular weight excluding hydrogens is 380 g/mol. The monoisotopic (exact) mass is 396 g/mol. The highest BCUT2D eigenvalue weighted by atomic mass is 79.9. The van der Waals surface area contributed by atoms with Crippen LogP contribution in [0.1, 0.15) is 26.2 Å². The Morgan fingerprint density at radius 2 is 2.05 bits per heavy atom. The molecule has 0 bridgehead atoms. The Kier molecular flexibility index (Phi) is 4.90. The van der Waals surface area contributed by atoms with E-state index in [1.165, 1.54) is 16.4 Å². The van der Waals surface area contributed by atoms with Crippen LogP contribution in [-0.4, -0.2) is 36.5 Å². The second-order valence-electron chi connectivity index (χ2n) is 5.56. The molecule has 0 aromatic heterocycles. The van der Waals surface area contributed by atoms with Gasteiger partial charge in [0.1, 0.15) is 0 Å². The lowest BCUT2D eigenvalue weighted by Gasteiger charge is -2.23. The second-order valence-corrected chi connectivity index (χ2v) is 8.70. The van der Waals surface area contributed by atoms with Crippen molar-refractivity contribution in [2.24, 2.45) is 0 Å². The van der Waals surface area contributed by atoms with E-state index in [9.17, 15) is 13.5 Å². The van der Waals surface area contributed by atoms with Crippen molar-refractivity contribution in [3.05, 3.63) is 21.6 Å². The van der Waals surface area contributed by atoms with Crippen LogP contribution in [-0.2, 0) is 10.0 Å². The van der Waals surface area contributed by atoms with Crippen LogP contribution in [0.25, 0.3) is 0 Å². The molecule has 8 heteroatoms. The van der Waals surface area contributed by atoms with Crippen molar-refractivity contribution >= 4 is 43.2 Å². The summed E-state index contributed by atoms with van der Waals surface area (Å²) < 4.78 is 27.3. The van der Waals surface area contributed by atoms with Crippen molar-refractivity contribution < 1.29 is 13.5 Å². The average Bonchev–Trinajstić information content (AvgIpc) is 2.55. The molecule has 21 heavy (non-hydrogen) atoms. The van der Waals surface area contributed by atoms with E-state index in [1.54, 1.807) is 6.92 Å². The SMILES string of the molecule is CC1(O)CCCN(S(=O)(=O)c2cc(Cl)cc(N)c2Br)CC1. The van der Waals surface area contributed by atoms with Gasteiger partial charge in [0.25, 0.3) is 0 Å². The first-order chi connectivity index (χ1) is 9.63. The summed E-state index contributed by atoms with van der Waals surface area (Å²) >= 11 is 9.14. The van der Waals surface area contributed by atoms with Gasteiger partial charge < -0.3 is 10.8 Å². The minimum atomic E-state index is -3.70. The summed E-state index contributed by atoms with van der Waals surface area (Å²) in [6, 6.07) is 2.89. The van der Waals surface area contributed by atoms with Crippen LogP contribution in [0.3, 0.4) is 0 Å². The van der Waals surface area contributed by atoms with Crippen molar-refractivity contribution in [2.75, 3.05) is 18.8 Å². The zero-order chi connectivity index (χ0) is 15.8. The smallest absolute Gasteiger partial charge is 0.244 e. The summed E-state index contributed by atoms with van der Waals surface area (Å²) in [7, 11) is -3.70. The highest BCUT2D eigenvalue weighted by Crippen LogP contribution is 2.34. The number of rotatable bonds is 2. The Bertz CT molecular complexity index is 649. The number of nitrogens with two attached hydrogens (primary N) is 1. The van der Waals surface area contributed by atoms with Gasteiger partial charge in [0, 0.05) is 23.8 Å². The van der Waals surface area contributed by atoms with E-state index in [0.717, 1.165) is 0 Å². The topological polar surface area (TPSA) is 83.6 Å². The van der Waals surface area contributed by atoms with E-state index < -0.39 is 15.6 Å². The molecule has 5 nitrogen and oxygen atoms in total. The number of hydrogen-bond donors (Lipinski definition) is 2. The quantitative estimate of drug-likeness (QED) is 0.751. The zero-order valence-corrected chi connectivity index (χ0v) is 14.8. The maximum atomic E-state index is 12.8. The van der Waals surface area contributed by atoms with Gasteiger partial charge in [0.05, 0.1) is 15.0 Å². The predicted molar refractivity (Wildman–Crippen MR) is 86.8 cm³/mol. The second kappa shape index (κ2) is 6.04. The first kappa shape index (κ1) is 17.0. The summed E-state index contributed by atoms with van der Waals surface area (Å²) in [4.78, 5) is 0.0639. The van der Waals surface area contributed by atoms with Gasteiger partial charge in [0.2, 0.25) is 10.0 Å². The normalized spacial score (nSPS) is 24.8. The first-order valence-electron chi connectivity index (χ1n) is 6.60. The third-order valence-electron chi connectivity index (χ3n) is 3.67. The molecule has 0 aliphatic carbocycles. The third kappa shape index (κ3) is 3.71. The van der Waals surface area contributed by atoms with Gasteiger partial charge in [-0.05, 0) is 54.2 Å². The Labute approximate surface area is 138 Å². The van der Waals surface area contributed by atoms with Gasteiger partial charge in [-0.25, -0.2) is 8.42 Å². The number of nitrogen functional groups attached to an aromatic ring is 1. The van der Waals surface area contributed by atoms with Crippen molar-refractivity contribution in [2.45, 2.75) is 36.7 Å². The summed E-state index contributed by atoms with van der Waals surface area (Å²) in [5.74, 6) is 0. The molecular formula is C13H18BrClN2O3S. The number of anilines is 1. The Balaban J connectivity index is 2.39. The summed E-state index contributed by atoms with van der Waals surface area (Å²) in [5, 5.41) is 10.4. The number of sulfonamides is 1. The van der Waals surface area contributed by atoms with Gasteiger partial charge in [-0.2, -0.15) is 4.31 Å². The highest BCUT2D eigenvalue weighted by molar-refractivity contribution is 9.10. The maximum Gasteiger partial charge on any atom is 0.244 e. The van der Waals surface area contributed by atoms with E-state index in [0.29, 0.717) is 30.3 Å². The van der Waals surface area contributed by atoms with Crippen LogP contribution >= 0.6 is 27.5 Å². The third-order valence-corrected chi connectivity index (χ3v) is 6.96. The molecule has 3 N–H and O–H groups in total. The molecule has 2 rings (SSSR count). The Hall–Kier alpha value is -0.340. The van der Waals surface area contributed by atoms with Gasteiger partial charge in [-0.1, -0.05) is 11.6 Å². The number of aliphatic hydroxyl groups is 1. The fourth-order valence-electron chi connectivity index (χ4n) is 2.39. The average molecular weight is 398 g/mol. The molecule has 1 saturated heterocycles. The minimum Gasteiger partial charge on any atom is -0.398 e. The van der Waals surface area contributed by atoms with Gasteiger partial charge in [-0.3, -0.25) is 0 Å². The predicted octanol–water partition coefficient (Wildman–Crippen LogP) is 2.61. The molecule has 0 radical (unpaired) electrons. The lowest BCUT2D eigenvalue weighted by atomic mass is 9.98. The molecule has 1 atom stereocenters. The summed E-state index contributed by atoms with van der Waals surface area (Å²) in [5.41, 5.74) is 5.22. The first-order valence-corrected chi connectivity index (χ1v) is 9.22. The molecule has 1 fully saturated rings. The molecule has 0 saturated carbocycles. The van der Waals surface area contributed by atoms with E-state index in [2.05, 4.69) is 15.9 Å². The van der Waals surface area contributed by atoms with Crippen molar-refractivity contribution in [3.8, 4) is 0 Å². The fourth-order valence-corrected chi connectivity index (χ4v) is 5.12. The molecule has 0 amide bonds. The van der Waals surface area contributed by atoms with Crippen molar-refractivity contribution in [1.82, 2.24) is 4.31 Å². The maximum absolute atomic E-state index is 12.8. The molecule has 1 aromatic carbocycles. The standard InChI is InChI=1S/C13H18BrClN2O3S/c1-13(18)3-2-5-17(6-4-13)21(19,20)11-8-9(15)7-10(16)12(11)14/h7-8,18H,2-6,16H2,1H3. The summed E-state index contributed by atoms with van der Waals surface area (Å²) in [6.45, 7) is 2.38. The van der Waals surface area contributed by atoms with Crippen LogP contribution in [0, 0.1) is 0 Å². The van der Waals surface area contributed by atoms with Crippen LogP contribution in [0.15, 0.2) is 21.5 Å². The Morgan fingerprint density at radius 3 is 2.71 bits per heavy atom. The lowest BCUT2D eigenvalue weighted by molar-refractivity contribution is 0.0465. The van der Waals surface area contributed by atoms with Gasteiger partial charge in [-0.15, -0.1) is 0 Å². The van der Waals surface area contributed by atoms with Gasteiger partial charge >= 0.3 is 0 Å². The zero-order valence-electron chi connectivity index (χ0n) is 11.6. The minimum absolute atomic E-state index is 0.0639. The molecule has 1 aliphatic heterocycles. The number of halogens is 2. The fraction of sp³-hybridized carbons (Fsp3) is 0.538. The molecule has 118 valence electrons. The Morgan fingerprint density at radius 1 is 1.38 bits per heavy atom. The van der Waals surface area contributed by atoms with E-state index >= 15 is 0 Å². The van der Waals surface area contributed by atoms with Crippen LogP contribution < -0.4 is 5.73 Å². The van der Waals surface area contributed by atoms with Crippen molar-refractivity contribution in [1.29, 1.82) is 0 Å². The van der Waals surface area contributed by atoms with E-state index in [-0.39, 0.29) is 22.2 Å². The van der Waals surface area contributed by atoms with Crippen LogP contribution in [0.4, 0.5) is 5.69 Å². The van der Waals surface area contributed by atoms with Crippen LogP contribution in [0.5, 0.6) is 0 Å².